The monoisotopic (exact) mass is 332 g/mol. The van der Waals surface area contributed by atoms with E-state index in [2.05, 4.69) is 17.0 Å². The molecular weight excluding hydrogens is 308 g/mol. The lowest BCUT2D eigenvalue weighted by Gasteiger charge is -2.29. The fourth-order valence-electron chi connectivity index (χ4n) is 1.92. The Balaban J connectivity index is 0.00000139. The SMILES string of the molecule is CC.CN(C)c1cc(C#CC2(N=O)COC2)ccc1OCCC=O. The van der Waals surface area contributed by atoms with Gasteiger partial charge in [0.1, 0.15) is 12.0 Å². The molecule has 1 heterocycles. The quantitative estimate of drug-likeness (QED) is 0.347. The molecular formula is C18H24N2O4. The van der Waals surface area contributed by atoms with Gasteiger partial charge in [0.2, 0.25) is 5.54 Å². The van der Waals surface area contributed by atoms with Gasteiger partial charge in [0, 0.05) is 26.1 Å². The number of hydrogen-bond donors (Lipinski definition) is 0. The van der Waals surface area contributed by atoms with Crippen LogP contribution in [0.5, 0.6) is 5.75 Å². The van der Waals surface area contributed by atoms with Gasteiger partial charge in [-0.2, -0.15) is 0 Å². The van der Waals surface area contributed by atoms with Crippen LogP contribution in [0.25, 0.3) is 0 Å². The van der Waals surface area contributed by atoms with E-state index in [1.165, 1.54) is 0 Å². The predicted molar refractivity (Wildman–Crippen MR) is 94.5 cm³/mol. The number of hydrogen-bond acceptors (Lipinski definition) is 6. The molecule has 0 atom stereocenters. The largest absolute Gasteiger partial charge is 0.491 e. The number of nitroso groups, excluding NO2 is 1. The molecule has 130 valence electrons. The second-order valence-electron chi connectivity index (χ2n) is 5.25. The van der Waals surface area contributed by atoms with Crippen LogP contribution in [0.1, 0.15) is 25.8 Å². The summed E-state index contributed by atoms with van der Waals surface area (Å²) in [6, 6.07) is 5.50. The van der Waals surface area contributed by atoms with Crippen molar-refractivity contribution in [3.05, 3.63) is 28.7 Å². The first-order valence-corrected chi connectivity index (χ1v) is 7.93. The Morgan fingerprint density at radius 1 is 1.38 bits per heavy atom. The molecule has 0 unspecified atom stereocenters. The number of nitrogens with zero attached hydrogens (tertiary/aromatic N) is 2. The topological polar surface area (TPSA) is 68.2 Å². The zero-order valence-electron chi connectivity index (χ0n) is 14.7. The summed E-state index contributed by atoms with van der Waals surface area (Å²) in [6.45, 7) is 4.83. The van der Waals surface area contributed by atoms with Gasteiger partial charge in [0.05, 0.1) is 25.5 Å². The lowest BCUT2D eigenvalue weighted by atomic mass is 9.99. The number of carbonyl (C=O) groups is 1. The minimum Gasteiger partial charge on any atom is -0.491 e. The fourth-order valence-corrected chi connectivity index (χ4v) is 1.92. The van der Waals surface area contributed by atoms with Gasteiger partial charge in [-0.15, -0.1) is 4.91 Å². The third-order valence-electron chi connectivity index (χ3n) is 3.23. The molecule has 1 aliphatic heterocycles. The molecule has 0 spiro atoms. The predicted octanol–water partition coefficient (Wildman–Crippen LogP) is 2.63. The lowest BCUT2D eigenvalue weighted by molar-refractivity contribution is -0.108. The van der Waals surface area contributed by atoms with Crippen molar-refractivity contribution in [3.8, 4) is 17.6 Å². The number of carbonyl (C=O) groups excluding carboxylic acids is 1. The van der Waals surface area contributed by atoms with Gasteiger partial charge in [0.15, 0.2) is 0 Å². The number of rotatable bonds is 6. The molecule has 0 bridgehead atoms. The normalized spacial score (nSPS) is 14.0. The van der Waals surface area contributed by atoms with Gasteiger partial charge in [-0.25, -0.2) is 0 Å². The minimum absolute atomic E-state index is 0.247. The summed E-state index contributed by atoms with van der Waals surface area (Å²) >= 11 is 0. The summed E-state index contributed by atoms with van der Waals surface area (Å²) < 4.78 is 10.6. The highest BCUT2D eigenvalue weighted by Crippen LogP contribution is 2.28. The molecule has 0 saturated carbocycles. The summed E-state index contributed by atoms with van der Waals surface area (Å²) in [6.07, 6.45) is 1.17. The van der Waals surface area contributed by atoms with E-state index in [4.69, 9.17) is 9.47 Å². The molecule has 24 heavy (non-hydrogen) atoms. The highest BCUT2D eigenvalue weighted by molar-refractivity contribution is 5.62. The molecule has 6 nitrogen and oxygen atoms in total. The molecule has 1 aromatic rings. The van der Waals surface area contributed by atoms with Crippen molar-refractivity contribution in [2.24, 2.45) is 5.18 Å². The number of ether oxygens (including phenoxy) is 2. The number of anilines is 1. The Kier molecular flexibility index (Phi) is 7.93. The van der Waals surface area contributed by atoms with Crippen LogP contribution in [0.15, 0.2) is 23.4 Å². The fraction of sp³-hybridized carbons (Fsp3) is 0.500. The van der Waals surface area contributed by atoms with Gasteiger partial charge in [-0.3, -0.25) is 0 Å². The molecule has 6 heteroatoms. The van der Waals surface area contributed by atoms with Gasteiger partial charge >= 0.3 is 0 Å². The lowest BCUT2D eigenvalue weighted by Crippen LogP contribution is -2.46. The van der Waals surface area contributed by atoms with Crippen LogP contribution in [0.2, 0.25) is 0 Å². The van der Waals surface area contributed by atoms with E-state index in [-0.39, 0.29) is 13.2 Å². The Labute approximate surface area is 143 Å². The summed E-state index contributed by atoms with van der Waals surface area (Å²) in [4.78, 5) is 23.1. The van der Waals surface area contributed by atoms with E-state index in [9.17, 15) is 9.70 Å². The minimum atomic E-state index is -0.905. The van der Waals surface area contributed by atoms with E-state index in [1.54, 1.807) is 0 Å². The first kappa shape index (κ1) is 19.7. The van der Waals surface area contributed by atoms with E-state index >= 15 is 0 Å². The highest BCUT2D eigenvalue weighted by Gasteiger charge is 2.38. The molecule has 1 fully saturated rings. The van der Waals surface area contributed by atoms with Gasteiger partial charge in [-0.05, 0) is 23.4 Å². The van der Waals surface area contributed by atoms with Crippen LogP contribution in [-0.4, -0.2) is 45.7 Å². The summed E-state index contributed by atoms with van der Waals surface area (Å²) in [7, 11) is 3.79. The first-order valence-electron chi connectivity index (χ1n) is 7.93. The second-order valence-corrected chi connectivity index (χ2v) is 5.25. The smallest absolute Gasteiger partial charge is 0.209 e. The molecule has 0 amide bonds. The van der Waals surface area contributed by atoms with Gasteiger partial charge < -0.3 is 19.2 Å². The molecule has 0 N–H and O–H groups in total. The van der Waals surface area contributed by atoms with Crippen LogP contribution in [-0.2, 0) is 9.53 Å². The van der Waals surface area contributed by atoms with E-state index < -0.39 is 5.54 Å². The third kappa shape index (κ3) is 5.07. The van der Waals surface area contributed by atoms with Crippen molar-refractivity contribution in [1.29, 1.82) is 0 Å². The van der Waals surface area contributed by atoms with Crippen LogP contribution >= 0.6 is 0 Å². The molecule has 1 aromatic carbocycles. The maximum Gasteiger partial charge on any atom is 0.209 e. The number of aldehydes is 1. The van der Waals surface area contributed by atoms with Gasteiger partial charge in [0.25, 0.3) is 0 Å². The molecule has 0 aliphatic carbocycles. The first-order chi connectivity index (χ1) is 11.6. The Morgan fingerprint density at radius 2 is 2.08 bits per heavy atom. The van der Waals surface area contributed by atoms with Crippen molar-refractivity contribution < 1.29 is 14.3 Å². The standard InChI is InChI=1S/C16H18N2O4.C2H6/c1-18(2)14-10-13(4-5-15(14)22-9-3-8-19)6-7-16(17-20)11-21-12-16;1-2/h4-5,8,10H,3,9,11-12H2,1-2H3;1-2H3. The van der Waals surface area contributed by atoms with Crippen LogP contribution in [0.4, 0.5) is 5.69 Å². The van der Waals surface area contributed by atoms with Gasteiger partial charge in [-0.1, -0.05) is 25.7 Å². The van der Waals surface area contributed by atoms with Crippen LogP contribution in [0.3, 0.4) is 0 Å². The van der Waals surface area contributed by atoms with Crippen molar-refractivity contribution >= 4 is 12.0 Å². The molecule has 2 rings (SSSR count). The van der Waals surface area contributed by atoms with Crippen LogP contribution < -0.4 is 9.64 Å². The summed E-state index contributed by atoms with van der Waals surface area (Å²) in [5.41, 5.74) is 0.717. The molecule has 1 aliphatic rings. The zero-order chi connectivity index (χ0) is 18.0. The Hall–Kier alpha value is -2.39. The Bertz CT molecular complexity index is 613. The van der Waals surface area contributed by atoms with E-state index in [0.717, 1.165) is 17.5 Å². The second kappa shape index (κ2) is 9.68. The maximum absolute atomic E-state index is 10.8. The highest BCUT2D eigenvalue weighted by atomic mass is 16.5. The van der Waals surface area contributed by atoms with E-state index in [0.29, 0.717) is 18.8 Å². The van der Waals surface area contributed by atoms with Crippen molar-refractivity contribution in [2.45, 2.75) is 25.8 Å². The number of benzene rings is 1. The summed E-state index contributed by atoms with van der Waals surface area (Å²) in [5, 5.41) is 3.05. The summed E-state index contributed by atoms with van der Waals surface area (Å²) in [5.74, 6) is 6.53. The average molecular weight is 332 g/mol. The molecule has 1 saturated heterocycles. The Morgan fingerprint density at radius 3 is 2.58 bits per heavy atom. The zero-order valence-corrected chi connectivity index (χ0v) is 14.7. The third-order valence-corrected chi connectivity index (χ3v) is 3.23. The van der Waals surface area contributed by atoms with Crippen molar-refractivity contribution in [3.63, 3.8) is 0 Å². The average Bonchev–Trinajstić information content (AvgIpc) is 2.57. The van der Waals surface area contributed by atoms with Crippen molar-refractivity contribution in [2.75, 3.05) is 38.8 Å². The molecule has 0 radical (unpaired) electrons. The molecule has 0 aromatic heterocycles. The van der Waals surface area contributed by atoms with E-state index in [1.807, 2.05) is 51.0 Å². The van der Waals surface area contributed by atoms with Crippen molar-refractivity contribution in [1.82, 2.24) is 0 Å². The van der Waals surface area contributed by atoms with Crippen LogP contribution in [0, 0.1) is 16.7 Å². The maximum atomic E-state index is 10.8.